The van der Waals surface area contributed by atoms with Gasteiger partial charge in [-0.05, 0) is 25.1 Å². The fourth-order valence-corrected chi connectivity index (χ4v) is 2.06. The lowest BCUT2D eigenvalue weighted by Crippen LogP contribution is -2.03. The highest BCUT2D eigenvalue weighted by atomic mass is 35.5. The Balaban J connectivity index is 2.42. The first kappa shape index (κ1) is 14.4. The number of hydrogen-bond donors (Lipinski definition) is 1. The minimum Gasteiger partial charge on any atom is -0.339 e. The highest BCUT2D eigenvalue weighted by molar-refractivity contribution is 6.35. The molecule has 0 aliphatic heterocycles. The maximum Gasteiger partial charge on any atom is 0.138 e. The smallest absolute Gasteiger partial charge is 0.138 e. The molecule has 100 valence electrons. The van der Waals surface area contributed by atoms with Gasteiger partial charge in [0.25, 0.3) is 0 Å². The van der Waals surface area contributed by atoms with Crippen molar-refractivity contribution in [2.75, 3.05) is 5.32 Å². The number of aromatic nitrogens is 2. The Morgan fingerprint density at radius 3 is 2.58 bits per heavy atom. The van der Waals surface area contributed by atoms with Crippen LogP contribution in [-0.2, 0) is 6.42 Å². The van der Waals surface area contributed by atoms with Gasteiger partial charge >= 0.3 is 0 Å². The summed E-state index contributed by atoms with van der Waals surface area (Å²) in [6, 6.07) is 5.20. The Labute approximate surface area is 126 Å². The van der Waals surface area contributed by atoms with Crippen LogP contribution >= 0.6 is 34.8 Å². The van der Waals surface area contributed by atoms with Crippen LogP contribution in [0, 0.1) is 6.92 Å². The van der Waals surface area contributed by atoms with Gasteiger partial charge in [0, 0.05) is 17.0 Å². The molecule has 0 bridgehead atoms. The average molecular weight is 317 g/mol. The quantitative estimate of drug-likeness (QED) is 0.805. The molecule has 0 unspecified atom stereocenters. The predicted molar refractivity (Wildman–Crippen MR) is 80.9 cm³/mol. The zero-order valence-electron chi connectivity index (χ0n) is 10.5. The second-order valence-electron chi connectivity index (χ2n) is 4.01. The second kappa shape index (κ2) is 5.95. The largest absolute Gasteiger partial charge is 0.339 e. The Morgan fingerprint density at radius 2 is 1.89 bits per heavy atom. The number of rotatable bonds is 3. The van der Waals surface area contributed by atoms with E-state index in [0.717, 1.165) is 5.56 Å². The van der Waals surface area contributed by atoms with Gasteiger partial charge in [-0.3, -0.25) is 0 Å². The van der Waals surface area contributed by atoms with Crippen molar-refractivity contribution >= 4 is 46.3 Å². The molecule has 0 aliphatic carbocycles. The lowest BCUT2D eigenvalue weighted by molar-refractivity contribution is 0.934. The molecule has 1 aromatic carbocycles. The first-order chi connectivity index (χ1) is 9.01. The fourth-order valence-electron chi connectivity index (χ4n) is 1.53. The molecular formula is C13H12Cl3N3. The maximum absolute atomic E-state index is 6.11. The van der Waals surface area contributed by atoms with E-state index in [1.165, 1.54) is 0 Å². The van der Waals surface area contributed by atoms with E-state index in [1.807, 2.05) is 13.8 Å². The number of nitrogens with zero attached hydrogens (tertiary/aromatic N) is 2. The van der Waals surface area contributed by atoms with Crippen LogP contribution in [-0.4, -0.2) is 9.97 Å². The van der Waals surface area contributed by atoms with Crippen molar-refractivity contribution in [2.45, 2.75) is 20.3 Å². The van der Waals surface area contributed by atoms with Gasteiger partial charge in [0.05, 0.1) is 10.7 Å². The molecule has 0 atom stereocenters. The standard InChI is InChI=1S/C13H12Cl3N3/c1-3-11-18-12(16)7(2)13(19-11)17-10-6-8(14)4-5-9(10)15/h4-6H,3H2,1-2H3,(H,17,18,19). The molecular weight excluding hydrogens is 305 g/mol. The van der Waals surface area contributed by atoms with Crippen molar-refractivity contribution in [3.05, 3.63) is 44.8 Å². The first-order valence-corrected chi connectivity index (χ1v) is 6.89. The van der Waals surface area contributed by atoms with Gasteiger partial charge in [0.2, 0.25) is 0 Å². The molecule has 1 heterocycles. The molecule has 1 aromatic heterocycles. The molecule has 0 aliphatic rings. The van der Waals surface area contributed by atoms with E-state index < -0.39 is 0 Å². The predicted octanol–water partition coefficient (Wildman–Crippen LogP) is 5.05. The molecule has 0 radical (unpaired) electrons. The Kier molecular flexibility index (Phi) is 4.50. The van der Waals surface area contributed by atoms with Gasteiger partial charge in [-0.2, -0.15) is 0 Å². The first-order valence-electron chi connectivity index (χ1n) is 5.76. The molecule has 2 aromatic rings. The van der Waals surface area contributed by atoms with Crippen LogP contribution in [0.25, 0.3) is 0 Å². The van der Waals surface area contributed by atoms with E-state index in [0.29, 0.717) is 38.9 Å². The third-order valence-corrected chi connectivity index (χ3v) is 3.56. The molecule has 3 nitrogen and oxygen atoms in total. The van der Waals surface area contributed by atoms with Gasteiger partial charge in [0.1, 0.15) is 16.8 Å². The van der Waals surface area contributed by atoms with Crippen LogP contribution in [0.4, 0.5) is 11.5 Å². The van der Waals surface area contributed by atoms with Crippen molar-refractivity contribution in [1.82, 2.24) is 9.97 Å². The van der Waals surface area contributed by atoms with Crippen molar-refractivity contribution in [1.29, 1.82) is 0 Å². The number of halogens is 3. The SMILES string of the molecule is CCc1nc(Cl)c(C)c(Nc2cc(Cl)ccc2Cl)n1. The van der Waals surface area contributed by atoms with E-state index in [1.54, 1.807) is 18.2 Å². The van der Waals surface area contributed by atoms with Crippen LogP contribution in [0.15, 0.2) is 18.2 Å². The minimum atomic E-state index is 0.438. The van der Waals surface area contributed by atoms with Crippen molar-refractivity contribution < 1.29 is 0 Å². The third kappa shape index (κ3) is 3.30. The van der Waals surface area contributed by atoms with Crippen LogP contribution in [0.1, 0.15) is 18.3 Å². The monoisotopic (exact) mass is 315 g/mol. The van der Waals surface area contributed by atoms with E-state index in [-0.39, 0.29) is 0 Å². The molecule has 1 N–H and O–H groups in total. The van der Waals surface area contributed by atoms with Gasteiger partial charge < -0.3 is 5.32 Å². The number of aryl methyl sites for hydroxylation is 1. The summed E-state index contributed by atoms with van der Waals surface area (Å²) >= 11 is 18.2. The lowest BCUT2D eigenvalue weighted by Gasteiger charge is -2.12. The molecule has 0 saturated heterocycles. The van der Waals surface area contributed by atoms with Crippen LogP contribution in [0.2, 0.25) is 15.2 Å². The average Bonchev–Trinajstić information content (AvgIpc) is 2.38. The van der Waals surface area contributed by atoms with Crippen molar-refractivity contribution in [2.24, 2.45) is 0 Å². The highest BCUT2D eigenvalue weighted by Crippen LogP contribution is 2.30. The summed E-state index contributed by atoms with van der Waals surface area (Å²) < 4.78 is 0. The lowest BCUT2D eigenvalue weighted by atomic mass is 10.3. The normalized spacial score (nSPS) is 10.6. The summed E-state index contributed by atoms with van der Waals surface area (Å²) in [5, 5.41) is 4.75. The summed E-state index contributed by atoms with van der Waals surface area (Å²) in [5.41, 5.74) is 1.46. The molecule has 0 fully saturated rings. The fraction of sp³-hybridized carbons (Fsp3) is 0.231. The van der Waals surface area contributed by atoms with Gasteiger partial charge in [-0.1, -0.05) is 41.7 Å². The highest BCUT2D eigenvalue weighted by Gasteiger charge is 2.10. The van der Waals surface area contributed by atoms with E-state index >= 15 is 0 Å². The molecule has 0 amide bonds. The maximum atomic E-state index is 6.11. The molecule has 2 rings (SSSR count). The Morgan fingerprint density at radius 1 is 1.16 bits per heavy atom. The summed E-state index contributed by atoms with van der Waals surface area (Å²) in [6.07, 6.45) is 0.706. The van der Waals surface area contributed by atoms with Crippen molar-refractivity contribution in [3.63, 3.8) is 0 Å². The van der Waals surface area contributed by atoms with Gasteiger partial charge in [0.15, 0.2) is 0 Å². The van der Waals surface area contributed by atoms with E-state index in [9.17, 15) is 0 Å². The zero-order chi connectivity index (χ0) is 14.0. The number of hydrogen-bond acceptors (Lipinski definition) is 3. The minimum absolute atomic E-state index is 0.438. The van der Waals surface area contributed by atoms with Crippen LogP contribution < -0.4 is 5.32 Å². The third-order valence-electron chi connectivity index (χ3n) is 2.63. The Hall–Kier alpha value is -1.03. The number of nitrogens with one attached hydrogen (secondary N) is 1. The van der Waals surface area contributed by atoms with E-state index in [4.69, 9.17) is 34.8 Å². The molecule has 6 heteroatoms. The van der Waals surface area contributed by atoms with Gasteiger partial charge in [-0.15, -0.1) is 0 Å². The second-order valence-corrected chi connectivity index (χ2v) is 5.21. The van der Waals surface area contributed by atoms with Crippen LogP contribution in [0.5, 0.6) is 0 Å². The summed E-state index contributed by atoms with van der Waals surface area (Å²) in [6.45, 7) is 3.82. The summed E-state index contributed by atoms with van der Waals surface area (Å²) in [4.78, 5) is 8.60. The zero-order valence-corrected chi connectivity index (χ0v) is 12.7. The molecule has 0 spiro atoms. The van der Waals surface area contributed by atoms with Crippen molar-refractivity contribution in [3.8, 4) is 0 Å². The molecule has 0 saturated carbocycles. The van der Waals surface area contributed by atoms with E-state index in [2.05, 4.69) is 15.3 Å². The number of anilines is 2. The summed E-state index contributed by atoms with van der Waals surface area (Å²) in [7, 11) is 0. The molecule has 19 heavy (non-hydrogen) atoms. The topological polar surface area (TPSA) is 37.8 Å². The van der Waals surface area contributed by atoms with Crippen LogP contribution in [0.3, 0.4) is 0 Å². The van der Waals surface area contributed by atoms with Gasteiger partial charge in [-0.25, -0.2) is 9.97 Å². The number of benzene rings is 1. The Bertz CT molecular complexity index is 614. The summed E-state index contributed by atoms with van der Waals surface area (Å²) in [5.74, 6) is 1.32.